The molecule has 0 spiro atoms. The molecule has 0 unspecified atom stereocenters. The van der Waals surface area contributed by atoms with Crippen molar-refractivity contribution in [1.82, 2.24) is 24.1 Å². The van der Waals surface area contributed by atoms with Crippen molar-refractivity contribution in [1.29, 1.82) is 5.26 Å². The molecule has 0 atom stereocenters. The number of nitrogens with zero attached hydrogens (tertiary/aromatic N) is 6. The molecule has 0 radical (unpaired) electrons. The molecule has 0 saturated heterocycles. The van der Waals surface area contributed by atoms with E-state index in [0.29, 0.717) is 22.4 Å². The number of fused-ring (bicyclic) bond motifs is 13. The molecular formula is C58H32N6OS. The second-order valence-corrected chi connectivity index (χ2v) is 17.4. The zero-order valence-electron chi connectivity index (χ0n) is 39.6. The fourth-order valence-electron chi connectivity index (χ4n) is 9.82. The minimum atomic E-state index is -0.515. The summed E-state index contributed by atoms with van der Waals surface area (Å²) in [7, 11) is 0. The molecule has 5 aromatic heterocycles. The van der Waals surface area contributed by atoms with Gasteiger partial charge in [0.2, 0.25) is 0 Å². The summed E-state index contributed by atoms with van der Waals surface area (Å²) >= 11 is 1.68. The number of rotatable bonds is 5. The Labute approximate surface area is 387 Å². The fraction of sp³-hybridized carbons (Fsp3) is 0. The van der Waals surface area contributed by atoms with Gasteiger partial charge in [-0.1, -0.05) is 109 Å². The van der Waals surface area contributed by atoms with Crippen molar-refractivity contribution >= 4 is 97.1 Å². The van der Waals surface area contributed by atoms with Crippen LogP contribution in [0.5, 0.6) is 0 Å². The van der Waals surface area contributed by atoms with Crippen molar-refractivity contribution in [2.45, 2.75) is 0 Å². The van der Waals surface area contributed by atoms with Crippen LogP contribution < -0.4 is 0 Å². The van der Waals surface area contributed by atoms with Crippen LogP contribution in [-0.2, 0) is 0 Å². The Morgan fingerprint density at radius 3 is 1.95 bits per heavy atom. The lowest BCUT2D eigenvalue weighted by atomic mass is 10.1. The summed E-state index contributed by atoms with van der Waals surface area (Å²) in [5.74, 6) is 0.337. The van der Waals surface area contributed by atoms with Gasteiger partial charge < -0.3 is 13.6 Å². The molecule has 0 aliphatic carbocycles. The maximum absolute atomic E-state index is 11.2. The second kappa shape index (κ2) is 14.1. The minimum absolute atomic E-state index is 0.0823. The van der Waals surface area contributed by atoms with Gasteiger partial charge in [-0.25, -0.2) is 15.0 Å². The van der Waals surface area contributed by atoms with Crippen molar-refractivity contribution < 1.29 is 11.3 Å². The van der Waals surface area contributed by atoms with E-state index < -0.39 is 30.2 Å². The third kappa shape index (κ3) is 5.38. The van der Waals surface area contributed by atoms with E-state index in [4.69, 9.17) is 26.2 Å². The molecule has 14 aromatic rings. The molecule has 0 amide bonds. The predicted octanol–water partition coefficient (Wildman–Crippen LogP) is 15.2. The average Bonchev–Trinajstić information content (AvgIpc) is 4.17. The third-order valence-electron chi connectivity index (χ3n) is 12.7. The lowest BCUT2D eigenvalue weighted by Crippen LogP contribution is -2.02. The highest BCUT2D eigenvalue weighted by Gasteiger charge is 2.23. The average molecular weight is 866 g/mol. The van der Waals surface area contributed by atoms with Gasteiger partial charge >= 0.3 is 0 Å². The van der Waals surface area contributed by atoms with Crippen LogP contribution in [0, 0.1) is 11.3 Å². The normalized spacial score (nSPS) is 13.0. The minimum Gasteiger partial charge on any atom is -0.456 e. The summed E-state index contributed by atoms with van der Waals surface area (Å²) < 4.78 is 56.0. The molecule has 5 heterocycles. The molecule has 0 fully saturated rings. The zero-order chi connectivity index (χ0) is 47.8. The van der Waals surface area contributed by atoms with E-state index in [0.717, 1.165) is 91.4 Å². The standard InChI is InChI=1S/C58H32N6OS/c59-33-37-30-35(57-60-56(34-12-2-1-3-13-34)61-58(62-57)36-23-29-53-45(31-36)41-16-7-11-21-52(41)66-53)22-26-46(37)64-47-18-8-4-14-39(47)42-25-27-49-54(55(42)64)43-17-5-9-19-48(43)63(49)38-24-28-51-44(32-38)40-15-6-10-20-50(40)65-51/h1-32H/i1D,2D,3D,12D,13D. The van der Waals surface area contributed by atoms with Gasteiger partial charge in [-0.15, -0.1) is 11.3 Å². The molecule has 0 N–H and O–H groups in total. The molecule has 0 saturated carbocycles. The highest BCUT2D eigenvalue weighted by Crippen LogP contribution is 2.44. The zero-order valence-corrected chi connectivity index (χ0v) is 35.4. The number of hydrogen-bond donors (Lipinski definition) is 0. The van der Waals surface area contributed by atoms with Crippen LogP contribution >= 0.6 is 11.3 Å². The largest absolute Gasteiger partial charge is 0.456 e. The van der Waals surface area contributed by atoms with E-state index in [-0.39, 0.29) is 23.0 Å². The molecular weight excluding hydrogens is 829 g/mol. The van der Waals surface area contributed by atoms with Crippen molar-refractivity contribution in [2.75, 3.05) is 0 Å². The quantitative estimate of drug-likeness (QED) is 0.172. The van der Waals surface area contributed by atoms with E-state index in [1.165, 1.54) is 0 Å². The summed E-state index contributed by atoms with van der Waals surface area (Å²) in [6.45, 7) is 0. The van der Waals surface area contributed by atoms with E-state index >= 15 is 0 Å². The van der Waals surface area contributed by atoms with E-state index in [2.05, 4.69) is 94.1 Å². The lowest BCUT2D eigenvalue weighted by Gasteiger charge is -2.13. The molecule has 9 aromatic carbocycles. The van der Waals surface area contributed by atoms with Gasteiger partial charge in [-0.2, -0.15) is 5.26 Å². The van der Waals surface area contributed by atoms with Gasteiger partial charge in [0, 0.05) is 74.9 Å². The highest BCUT2D eigenvalue weighted by molar-refractivity contribution is 7.25. The second-order valence-electron chi connectivity index (χ2n) is 16.3. The summed E-state index contributed by atoms with van der Waals surface area (Å²) in [5, 5.41) is 19.5. The highest BCUT2D eigenvalue weighted by atomic mass is 32.1. The van der Waals surface area contributed by atoms with Gasteiger partial charge in [0.05, 0.1) is 40.2 Å². The number of aromatic nitrogens is 5. The van der Waals surface area contributed by atoms with Crippen LogP contribution in [-0.4, -0.2) is 24.1 Å². The van der Waals surface area contributed by atoms with E-state index in [1.807, 2.05) is 78.9 Å². The molecule has 0 aliphatic heterocycles. The summed E-state index contributed by atoms with van der Waals surface area (Å²) in [5.41, 5.74) is 8.52. The number of thiophene rings is 1. The SMILES string of the molecule is [2H]c1c([2H])c([2H])c(-c2nc(-c3ccc(-n4c5ccccc5c5ccc6c(c7ccccc7n6-c6ccc7oc8ccccc8c7c6)c54)c(C#N)c3)nc(-c3ccc4sc5ccccc5c4c3)n2)c([2H])c1[2H]. The van der Waals surface area contributed by atoms with E-state index in [1.54, 1.807) is 17.4 Å². The Hall–Kier alpha value is -8.90. The number of para-hydroxylation sites is 3. The van der Waals surface area contributed by atoms with Crippen LogP contribution in [0.4, 0.5) is 0 Å². The van der Waals surface area contributed by atoms with Crippen LogP contribution in [0.25, 0.3) is 131 Å². The third-order valence-corrected chi connectivity index (χ3v) is 13.9. The Morgan fingerprint density at radius 2 is 1.14 bits per heavy atom. The maximum atomic E-state index is 11.2. The summed E-state index contributed by atoms with van der Waals surface area (Å²) in [4.78, 5) is 14.6. The van der Waals surface area contributed by atoms with Crippen LogP contribution in [0.15, 0.2) is 198 Å². The molecule has 0 aliphatic rings. The summed E-state index contributed by atoms with van der Waals surface area (Å²) in [6.07, 6.45) is 0. The fourth-order valence-corrected chi connectivity index (χ4v) is 10.9. The predicted molar refractivity (Wildman–Crippen MR) is 270 cm³/mol. The van der Waals surface area contributed by atoms with Gasteiger partial charge in [0.1, 0.15) is 17.2 Å². The first kappa shape index (κ1) is 31.9. The number of hydrogen-bond acceptors (Lipinski definition) is 6. The van der Waals surface area contributed by atoms with Crippen molar-refractivity contribution in [3.63, 3.8) is 0 Å². The molecule has 8 heteroatoms. The van der Waals surface area contributed by atoms with Gasteiger partial charge in [-0.3, -0.25) is 0 Å². The lowest BCUT2D eigenvalue weighted by molar-refractivity contribution is 0.669. The first-order chi connectivity index (χ1) is 34.7. The molecule has 7 nitrogen and oxygen atoms in total. The van der Waals surface area contributed by atoms with Crippen molar-refractivity contribution in [2.24, 2.45) is 0 Å². The van der Waals surface area contributed by atoms with E-state index in [9.17, 15) is 5.26 Å². The summed E-state index contributed by atoms with van der Waals surface area (Å²) in [6, 6.07) is 55.2. The molecule has 66 heavy (non-hydrogen) atoms. The van der Waals surface area contributed by atoms with Gasteiger partial charge in [0.25, 0.3) is 0 Å². The Balaban J connectivity index is 0.996. The number of nitriles is 1. The van der Waals surface area contributed by atoms with Crippen molar-refractivity contribution in [3.8, 4) is 51.6 Å². The Kier molecular flexibility index (Phi) is 6.78. The van der Waals surface area contributed by atoms with Crippen molar-refractivity contribution in [3.05, 3.63) is 200 Å². The first-order valence-corrected chi connectivity index (χ1v) is 22.2. The maximum Gasteiger partial charge on any atom is 0.164 e. The monoisotopic (exact) mass is 865 g/mol. The molecule has 14 rings (SSSR count). The van der Waals surface area contributed by atoms with Crippen LogP contribution in [0.1, 0.15) is 12.4 Å². The Morgan fingerprint density at radius 1 is 0.485 bits per heavy atom. The van der Waals surface area contributed by atoms with Crippen LogP contribution in [0.3, 0.4) is 0 Å². The molecule has 0 bridgehead atoms. The van der Waals surface area contributed by atoms with Gasteiger partial charge in [-0.05, 0) is 84.9 Å². The smallest absolute Gasteiger partial charge is 0.164 e. The first-order valence-electron chi connectivity index (χ1n) is 23.9. The Bertz CT molecular complexity index is 4670. The van der Waals surface area contributed by atoms with Crippen LogP contribution in [0.2, 0.25) is 0 Å². The number of furan rings is 1. The van der Waals surface area contributed by atoms with Gasteiger partial charge in [0.15, 0.2) is 17.5 Å². The topological polar surface area (TPSA) is 85.5 Å². The number of benzene rings is 9. The molecule has 306 valence electrons.